The summed E-state index contributed by atoms with van der Waals surface area (Å²) in [7, 11) is 0. The van der Waals surface area contributed by atoms with Crippen LogP contribution in [0.4, 0.5) is 0 Å². The fourth-order valence-corrected chi connectivity index (χ4v) is 4.93. The van der Waals surface area contributed by atoms with Crippen LogP contribution < -0.4 is 5.32 Å². The molecule has 2 aliphatic rings. The SMILES string of the molecule is C=CC[C@@H](O)C1=C(C(=O)OC(C)(C)C)N2C(=O)[C@@H](NC(=O)Cc3ccccc3)[C@H]2SC1. The molecule has 2 aliphatic heterocycles. The molecule has 3 atom stereocenters. The van der Waals surface area contributed by atoms with E-state index in [0.29, 0.717) is 11.3 Å². The van der Waals surface area contributed by atoms with Gasteiger partial charge in [-0.05, 0) is 38.3 Å². The summed E-state index contributed by atoms with van der Waals surface area (Å²) < 4.78 is 5.51. The van der Waals surface area contributed by atoms with Crippen LogP contribution in [0.25, 0.3) is 0 Å². The summed E-state index contributed by atoms with van der Waals surface area (Å²) in [5.41, 5.74) is 0.615. The molecule has 2 amide bonds. The summed E-state index contributed by atoms with van der Waals surface area (Å²) in [5, 5.41) is 12.9. The first kappa shape index (κ1) is 23.1. The number of ether oxygens (including phenoxy) is 1. The van der Waals surface area contributed by atoms with E-state index in [2.05, 4.69) is 11.9 Å². The van der Waals surface area contributed by atoms with Crippen LogP contribution in [0.15, 0.2) is 54.3 Å². The molecule has 1 fully saturated rings. The van der Waals surface area contributed by atoms with E-state index in [1.54, 1.807) is 26.8 Å². The molecule has 0 radical (unpaired) electrons. The fourth-order valence-electron chi connectivity index (χ4n) is 3.52. The third kappa shape index (κ3) is 5.19. The van der Waals surface area contributed by atoms with Gasteiger partial charge in [-0.3, -0.25) is 14.5 Å². The molecule has 166 valence electrons. The molecule has 7 nitrogen and oxygen atoms in total. The number of hydrogen-bond acceptors (Lipinski definition) is 6. The Morgan fingerprint density at radius 2 is 2.03 bits per heavy atom. The maximum atomic E-state index is 12.9. The number of β-lactam (4-membered cyclic amide) rings is 1. The molecule has 0 spiro atoms. The number of nitrogens with zero attached hydrogens (tertiary/aromatic N) is 1. The van der Waals surface area contributed by atoms with Gasteiger partial charge in [-0.2, -0.15) is 0 Å². The number of hydrogen-bond donors (Lipinski definition) is 2. The molecule has 3 rings (SSSR count). The lowest BCUT2D eigenvalue weighted by atomic mass is 9.98. The number of carbonyl (C=O) groups is 3. The Labute approximate surface area is 186 Å². The molecule has 0 saturated carbocycles. The molecular weight excluding hydrogens is 416 g/mol. The fraction of sp³-hybridized carbons (Fsp3) is 0.435. The van der Waals surface area contributed by atoms with Gasteiger partial charge in [0, 0.05) is 5.75 Å². The van der Waals surface area contributed by atoms with Crippen LogP contribution in [0.1, 0.15) is 32.8 Å². The van der Waals surface area contributed by atoms with Gasteiger partial charge in [0.05, 0.1) is 12.5 Å². The topological polar surface area (TPSA) is 95.9 Å². The molecule has 1 aromatic carbocycles. The third-order valence-corrected chi connectivity index (χ3v) is 6.21. The van der Waals surface area contributed by atoms with Crippen molar-refractivity contribution >= 4 is 29.5 Å². The minimum Gasteiger partial charge on any atom is -0.455 e. The maximum absolute atomic E-state index is 12.9. The van der Waals surface area contributed by atoms with Gasteiger partial charge in [0.25, 0.3) is 5.91 Å². The molecule has 31 heavy (non-hydrogen) atoms. The van der Waals surface area contributed by atoms with Crippen molar-refractivity contribution in [3.8, 4) is 0 Å². The average Bonchev–Trinajstić information content (AvgIpc) is 2.70. The first-order valence-corrected chi connectivity index (χ1v) is 11.2. The Morgan fingerprint density at radius 3 is 2.65 bits per heavy atom. The number of nitrogens with one attached hydrogen (secondary N) is 1. The molecule has 0 aliphatic carbocycles. The number of rotatable bonds is 7. The van der Waals surface area contributed by atoms with Crippen LogP contribution in [0.5, 0.6) is 0 Å². The molecule has 0 aromatic heterocycles. The molecule has 1 aromatic rings. The van der Waals surface area contributed by atoms with Crippen molar-refractivity contribution in [3.63, 3.8) is 0 Å². The highest BCUT2D eigenvalue weighted by Crippen LogP contribution is 2.42. The van der Waals surface area contributed by atoms with E-state index in [1.807, 2.05) is 30.3 Å². The van der Waals surface area contributed by atoms with Crippen LogP contribution in [-0.4, -0.2) is 56.7 Å². The smallest absolute Gasteiger partial charge is 0.355 e. The van der Waals surface area contributed by atoms with Crippen molar-refractivity contribution < 1.29 is 24.2 Å². The zero-order valence-corrected chi connectivity index (χ0v) is 18.8. The van der Waals surface area contributed by atoms with Gasteiger partial charge in [-0.1, -0.05) is 36.4 Å². The minimum atomic E-state index is -0.937. The Balaban J connectivity index is 1.79. The number of thioether (sulfide) groups is 1. The molecule has 2 N–H and O–H groups in total. The lowest BCUT2D eigenvalue weighted by Gasteiger charge is -2.50. The first-order valence-electron chi connectivity index (χ1n) is 10.2. The summed E-state index contributed by atoms with van der Waals surface area (Å²) in [4.78, 5) is 39.7. The highest BCUT2D eigenvalue weighted by atomic mass is 32.2. The summed E-state index contributed by atoms with van der Waals surface area (Å²) in [6, 6.07) is 8.54. The number of esters is 1. The maximum Gasteiger partial charge on any atom is 0.355 e. The highest BCUT2D eigenvalue weighted by molar-refractivity contribution is 8.00. The predicted molar refractivity (Wildman–Crippen MR) is 119 cm³/mol. The summed E-state index contributed by atoms with van der Waals surface area (Å²) >= 11 is 1.40. The molecular formula is C23H28N2O5S. The zero-order chi connectivity index (χ0) is 22.8. The minimum absolute atomic E-state index is 0.0755. The van der Waals surface area contributed by atoms with E-state index in [0.717, 1.165) is 5.56 Å². The van der Waals surface area contributed by atoms with Crippen LogP contribution in [0.2, 0.25) is 0 Å². The molecule has 8 heteroatoms. The Kier molecular flexibility index (Phi) is 6.91. The first-order chi connectivity index (χ1) is 14.6. The van der Waals surface area contributed by atoms with Crippen LogP contribution >= 0.6 is 11.8 Å². The number of aliphatic hydroxyl groups excluding tert-OH is 1. The Morgan fingerprint density at radius 1 is 1.35 bits per heavy atom. The van der Waals surface area contributed by atoms with E-state index in [-0.39, 0.29) is 30.4 Å². The Bertz CT molecular complexity index is 906. The summed E-state index contributed by atoms with van der Waals surface area (Å²) in [5.74, 6) is -0.950. The van der Waals surface area contributed by atoms with E-state index < -0.39 is 29.1 Å². The van der Waals surface area contributed by atoms with Crippen molar-refractivity contribution in [2.45, 2.75) is 56.7 Å². The lowest BCUT2D eigenvalue weighted by Crippen LogP contribution is -2.71. The molecule has 0 bridgehead atoms. The van der Waals surface area contributed by atoms with Gasteiger partial charge < -0.3 is 15.2 Å². The van der Waals surface area contributed by atoms with Crippen molar-refractivity contribution in [1.82, 2.24) is 10.2 Å². The quantitative estimate of drug-likeness (QED) is 0.380. The highest BCUT2D eigenvalue weighted by Gasteiger charge is 2.55. The Hall–Kier alpha value is -2.58. The van der Waals surface area contributed by atoms with Gasteiger partial charge in [-0.25, -0.2) is 4.79 Å². The lowest BCUT2D eigenvalue weighted by molar-refractivity contribution is -0.159. The number of fused-ring (bicyclic) bond motifs is 1. The van der Waals surface area contributed by atoms with Crippen molar-refractivity contribution in [2.24, 2.45) is 0 Å². The van der Waals surface area contributed by atoms with Crippen molar-refractivity contribution in [1.29, 1.82) is 0 Å². The van der Waals surface area contributed by atoms with Gasteiger partial charge >= 0.3 is 5.97 Å². The average molecular weight is 445 g/mol. The van der Waals surface area contributed by atoms with E-state index in [9.17, 15) is 19.5 Å². The number of carbonyl (C=O) groups excluding carboxylic acids is 3. The van der Waals surface area contributed by atoms with E-state index >= 15 is 0 Å². The number of benzene rings is 1. The van der Waals surface area contributed by atoms with Crippen molar-refractivity contribution in [2.75, 3.05) is 5.75 Å². The second kappa shape index (κ2) is 9.28. The summed E-state index contributed by atoms with van der Waals surface area (Å²) in [6.07, 6.45) is 1.05. The predicted octanol–water partition coefficient (Wildman–Crippen LogP) is 2.16. The van der Waals surface area contributed by atoms with Crippen LogP contribution in [-0.2, 0) is 25.5 Å². The third-order valence-electron chi connectivity index (χ3n) is 4.91. The normalized spacial score (nSPS) is 21.7. The zero-order valence-electron chi connectivity index (χ0n) is 18.0. The van der Waals surface area contributed by atoms with E-state index in [1.165, 1.54) is 16.7 Å². The monoisotopic (exact) mass is 444 g/mol. The number of aliphatic hydroxyl groups is 1. The second-order valence-electron chi connectivity index (χ2n) is 8.53. The van der Waals surface area contributed by atoms with Gasteiger partial charge in [-0.15, -0.1) is 18.3 Å². The van der Waals surface area contributed by atoms with Gasteiger partial charge in [0.1, 0.15) is 22.7 Å². The standard InChI is InChI=1S/C23H28N2O5S/c1-5-9-16(26)15-13-31-21-18(24-17(27)12-14-10-7-6-8-11-14)20(28)25(21)19(15)22(29)30-23(2,3)4/h5-8,10-11,16,18,21,26H,1,9,12-13H2,2-4H3,(H,24,27)/t16-,18-,21-/m1/s1. The second-order valence-corrected chi connectivity index (χ2v) is 9.64. The molecule has 1 saturated heterocycles. The molecule has 2 heterocycles. The van der Waals surface area contributed by atoms with Gasteiger partial charge in [0.15, 0.2) is 0 Å². The van der Waals surface area contributed by atoms with E-state index in [4.69, 9.17) is 4.74 Å². The molecule has 0 unspecified atom stereocenters. The number of amides is 2. The van der Waals surface area contributed by atoms with Crippen molar-refractivity contribution in [3.05, 3.63) is 59.8 Å². The largest absolute Gasteiger partial charge is 0.455 e. The summed E-state index contributed by atoms with van der Waals surface area (Å²) in [6.45, 7) is 8.86. The van der Waals surface area contributed by atoms with Crippen LogP contribution in [0.3, 0.4) is 0 Å². The van der Waals surface area contributed by atoms with Gasteiger partial charge in [0.2, 0.25) is 5.91 Å². The van der Waals surface area contributed by atoms with Crippen LogP contribution in [0, 0.1) is 0 Å².